The standard InChI is InChI=1S/C18H23N7/c1-3-14-15(13-19)18(23-21-16(14)4-2)25-10-6-9-24(11-12-25)17-7-5-8-20-22-17/h5,7-8H,3-4,6,9-12H2,1-2H3. The topological polar surface area (TPSA) is 81.8 Å². The van der Waals surface area contributed by atoms with Crippen molar-refractivity contribution in [3.63, 3.8) is 0 Å². The molecular formula is C18H23N7. The van der Waals surface area contributed by atoms with Crippen LogP contribution in [0.3, 0.4) is 0 Å². The summed E-state index contributed by atoms with van der Waals surface area (Å²) in [6, 6.07) is 6.25. The molecule has 3 rings (SSSR count). The summed E-state index contributed by atoms with van der Waals surface area (Å²) >= 11 is 0. The lowest BCUT2D eigenvalue weighted by molar-refractivity contribution is 0.768. The SMILES string of the molecule is CCc1nnc(N2CCCN(c3cccnn3)CC2)c(C#N)c1CC. The van der Waals surface area contributed by atoms with E-state index in [9.17, 15) is 5.26 Å². The highest BCUT2D eigenvalue weighted by Crippen LogP contribution is 2.24. The van der Waals surface area contributed by atoms with Gasteiger partial charge in [-0.25, -0.2) is 0 Å². The molecule has 0 amide bonds. The number of hydrogen-bond acceptors (Lipinski definition) is 7. The number of hydrogen-bond donors (Lipinski definition) is 0. The van der Waals surface area contributed by atoms with Gasteiger partial charge in [-0.2, -0.15) is 15.5 Å². The maximum absolute atomic E-state index is 9.71. The molecule has 7 heteroatoms. The van der Waals surface area contributed by atoms with E-state index in [1.54, 1.807) is 6.20 Å². The Labute approximate surface area is 148 Å². The number of rotatable bonds is 4. The molecule has 0 spiro atoms. The van der Waals surface area contributed by atoms with Crippen molar-refractivity contribution < 1.29 is 0 Å². The minimum atomic E-state index is 0.683. The van der Waals surface area contributed by atoms with E-state index in [0.717, 1.165) is 68.3 Å². The Hall–Kier alpha value is -2.75. The fourth-order valence-corrected chi connectivity index (χ4v) is 3.32. The first-order valence-electron chi connectivity index (χ1n) is 8.84. The first-order chi connectivity index (χ1) is 12.3. The average molecular weight is 337 g/mol. The second-order valence-electron chi connectivity index (χ2n) is 6.05. The largest absolute Gasteiger partial charge is 0.353 e. The summed E-state index contributed by atoms with van der Waals surface area (Å²) in [6.45, 7) is 7.50. The molecular weight excluding hydrogens is 314 g/mol. The zero-order valence-corrected chi connectivity index (χ0v) is 14.8. The summed E-state index contributed by atoms with van der Waals surface area (Å²) in [5.41, 5.74) is 2.64. The van der Waals surface area contributed by atoms with Crippen LogP contribution in [-0.4, -0.2) is 46.6 Å². The fourth-order valence-electron chi connectivity index (χ4n) is 3.32. The third-order valence-corrected chi connectivity index (χ3v) is 4.62. The van der Waals surface area contributed by atoms with Gasteiger partial charge in [0.1, 0.15) is 11.6 Å². The minimum Gasteiger partial charge on any atom is -0.353 e. The maximum Gasteiger partial charge on any atom is 0.169 e. The predicted octanol–water partition coefficient (Wildman–Crippen LogP) is 1.98. The highest BCUT2D eigenvalue weighted by molar-refractivity contribution is 5.58. The molecule has 130 valence electrons. The van der Waals surface area contributed by atoms with Crippen molar-refractivity contribution in [2.75, 3.05) is 36.0 Å². The van der Waals surface area contributed by atoms with E-state index in [0.29, 0.717) is 5.56 Å². The number of nitriles is 1. The molecule has 0 aromatic carbocycles. The van der Waals surface area contributed by atoms with E-state index in [1.807, 2.05) is 12.1 Å². The van der Waals surface area contributed by atoms with Crippen molar-refractivity contribution in [3.05, 3.63) is 35.2 Å². The van der Waals surface area contributed by atoms with Crippen molar-refractivity contribution in [2.24, 2.45) is 0 Å². The van der Waals surface area contributed by atoms with Crippen LogP contribution in [0.15, 0.2) is 18.3 Å². The van der Waals surface area contributed by atoms with Gasteiger partial charge >= 0.3 is 0 Å². The van der Waals surface area contributed by atoms with Crippen molar-refractivity contribution in [1.82, 2.24) is 20.4 Å². The van der Waals surface area contributed by atoms with Crippen molar-refractivity contribution in [1.29, 1.82) is 5.26 Å². The average Bonchev–Trinajstić information content (AvgIpc) is 2.93. The highest BCUT2D eigenvalue weighted by Gasteiger charge is 2.22. The Morgan fingerprint density at radius 2 is 1.84 bits per heavy atom. The lowest BCUT2D eigenvalue weighted by atomic mass is 10.0. The summed E-state index contributed by atoms with van der Waals surface area (Å²) in [4.78, 5) is 4.41. The van der Waals surface area contributed by atoms with Crippen LogP contribution in [0.4, 0.5) is 11.6 Å². The van der Waals surface area contributed by atoms with Crippen molar-refractivity contribution >= 4 is 11.6 Å². The molecule has 3 heterocycles. The second-order valence-corrected chi connectivity index (χ2v) is 6.05. The summed E-state index contributed by atoms with van der Waals surface area (Å²) in [5.74, 6) is 1.61. The van der Waals surface area contributed by atoms with Crippen molar-refractivity contribution in [3.8, 4) is 6.07 Å². The number of aromatic nitrogens is 4. The number of nitrogens with zero attached hydrogens (tertiary/aromatic N) is 7. The maximum atomic E-state index is 9.71. The van der Waals surface area contributed by atoms with Crippen LogP contribution in [0.2, 0.25) is 0 Å². The molecule has 0 aliphatic carbocycles. The van der Waals surface area contributed by atoms with Gasteiger partial charge in [-0.15, -0.1) is 10.2 Å². The third kappa shape index (κ3) is 3.53. The Kier molecular flexibility index (Phi) is 5.39. The van der Waals surface area contributed by atoms with Gasteiger partial charge in [0, 0.05) is 32.4 Å². The van der Waals surface area contributed by atoms with Gasteiger partial charge in [0.05, 0.1) is 5.69 Å². The molecule has 0 unspecified atom stereocenters. The molecule has 1 aliphatic heterocycles. The molecule has 2 aromatic heterocycles. The van der Waals surface area contributed by atoms with E-state index < -0.39 is 0 Å². The van der Waals surface area contributed by atoms with Gasteiger partial charge < -0.3 is 9.80 Å². The fraction of sp³-hybridized carbons (Fsp3) is 0.500. The second kappa shape index (κ2) is 7.88. The van der Waals surface area contributed by atoms with Crippen LogP contribution in [0.1, 0.15) is 37.1 Å². The number of aryl methyl sites for hydroxylation is 1. The third-order valence-electron chi connectivity index (χ3n) is 4.62. The lowest BCUT2D eigenvalue weighted by Gasteiger charge is -2.24. The zero-order chi connectivity index (χ0) is 17.6. The quantitative estimate of drug-likeness (QED) is 0.843. The highest BCUT2D eigenvalue weighted by atomic mass is 15.3. The minimum absolute atomic E-state index is 0.683. The molecule has 0 atom stereocenters. The normalized spacial score (nSPS) is 14.9. The van der Waals surface area contributed by atoms with E-state index in [2.05, 4.69) is 50.1 Å². The molecule has 2 aromatic rings. The van der Waals surface area contributed by atoms with Gasteiger partial charge in [0.2, 0.25) is 0 Å². The molecule has 1 saturated heterocycles. The molecule has 0 N–H and O–H groups in total. The van der Waals surface area contributed by atoms with Crippen molar-refractivity contribution in [2.45, 2.75) is 33.1 Å². The first-order valence-corrected chi connectivity index (χ1v) is 8.84. The molecule has 0 saturated carbocycles. The van der Waals surface area contributed by atoms with Gasteiger partial charge in [0.25, 0.3) is 0 Å². The van der Waals surface area contributed by atoms with E-state index >= 15 is 0 Å². The molecule has 1 aliphatic rings. The van der Waals surface area contributed by atoms with Crippen LogP contribution < -0.4 is 9.80 Å². The molecule has 0 bridgehead atoms. The monoisotopic (exact) mass is 337 g/mol. The smallest absolute Gasteiger partial charge is 0.169 e. The van der Waals surface area contributed by atoms with Crippen LogP contribution in [0.5, 0.6) is 0 Å². The Bertz CT molecular complexity index is 754. The van der Waals surface area contributed by atoms with E-state index in [4.69, 9.17) is 0 Å². The first kappa shape index (κ1) is 17.1. The van der Waals surface area contributed by atoms with Gasteiger partial charge in [0.15, 0.2) is 11.6 Å². The Morgan fingerprint density at radius 1 is 1.04 bits per heavy atom. The van der Waals surface area contributed by atoms with Gasteiger partial charge in [-0.05, 0) is 37.0 Å². The lowest BCUT2D eigenvalue weighted by Crippen LogP contribution is -2.32. The predicted molar refractivity (Wildman–Crippen MR) is 96.6 cm³/mol. The van der Waals surface area contributed by atoms with Crippen LogP contribution in [0.25, 0.3) is 0 Å². The summed E-state index contributed by atoms with van der Waals surface area (Å²) < 4.78 is 0. The van der Waals surface area contributed by atoms with Crippen LogP contribution >= 0.6 is 0 Å². The zero-order valence-electron chi connectivity index (χ0n) is 14.8. The van der Waals surface area contributed by atoms with E-state index in [-0.39, 0.29) is 0 Å². The van der Waals surface area contributed by atoms with Gasteiger partial charge in [-0.1, -0.05) is 13.8 Å². The Morgan fingerprint density at radius 3 is 2.52 bits per heavy atom. The molecule has 1 fully saturated rings. The molecule has 0 radical (unpaired) electrons. The Balaban J connectivity index is 1.85. The summed E-state index contributed by atoms with van der Waals surface area (Å²) in [7, 11) is 0. The summed E-state index contributed by atoms with van der Waals surface area (Å²) in [6.07, 6.45) is 4.25. The molecule has 25 heavy (non-hydrogen) atoms. The van der Waals surface area contributed by atoms with Crippen LogP contribution in [-0.2, 0) is 12.8 Å². The number of anilines is 2. The molecule has 7 nitrogen and oxygen atoms in total. The summed E-state index contributed by atoms with van der Waals surface area (Å²) in [5, 5.41) is 26.7. The van der Waals surface area contributed by atoms with Gasteiger partial charge in [-0.3, -0.25) is 0 Å². The van der Waals surface area contributed by atoms with Crippen LogP contribution in [0, 0.1) is 11.3 Å². The van der Waals surface area contributed by atoms with E-state index in [1.165, 1.54) is 0 Å².